The third-order valence-electron chi connectivity index (χ3n) is 4.64. The van der Waals surface area contributed by atoms with Gasteiger partial charge in [0.25, 0.3) is 0 Å². The Morgan fingerprint density at radius 1 is 0.692 bits per heavy atom. The van der Waals surface area contributed by atoms with Crippen LogP contribution in [0.4, 0.5) is 0 Å². The lowest BCUT2D eigenvalue weighted by molar-refractivity contribution is 0.333. The van der Waals surface area contributed by atoms with Crippen molar-refractivity contribution in [2.45, 2.75) is 11.8 Å². The van der Waals surface area contributed by atoms with Gasteiger partial charge in [-0.1, -0.05) is 91.0 Å². The van der Waals surface area contributed by atoms with E-state index in [9.17, 15) is 4.79 Å². The average Bonchev–Trinajstić information content (AvgIpc) is 3.13. The molecule has 0 aliphatic rings. The van der Waals surface area contributed by atoms with Crippen molar-refractivity contribution in [3.63, 3.8) is 0 Å². The summed E-state index contributed by atoms with van der Waals surface area (Å²) in [6, 6.07) is 30.5. The highest BCUT2D eigenvalue weighted by atomic mass is 16.6. The molecule has 0 aliphatic heterocycles. The average molecular weight is 343 g/mol. The van der Waals surface area contributed by atoms with Crippen LogP contribution in [0.25, 0.3) is 0 Å². The van der Waals surface area contributed by atoms with Gasteiger partial charge in [-0.2, -0.15) is 0 Å². The third kappa shape index (κ3) is 2.86. The Labute approximate surface area is 150 Å². The molecule has 0 radical (unpaired) electrons. The maximum atomic E-state index is 11.4. The first-order chi connectivity index (χ1) is 12.8. The van der Waals surface area contributed by atoms with E-state index in [0.29, 0.717) is 6.42 Å². The molecular formula is C22H17NO3. The van der Waals surface area contributed by atoms with Gasteiger partial charge in [0, 0.05) is 6.42 Å². The van der Waals surface area contributed by atoms with Crippen molar-refractivity contribution in [1.82, 2.24) is 5.16 Å². The molecule has 4 rings (SSSR count). The Balaban J connectivity index is 2.01. The highest BCUT2D eigenvalue weighted by Gasteiger charge is 2.38. The predicted molar refractivity (Wildman–Crippen MR) is 98.0 cm³/mol. The third-order valence-corrected chi connectivity index (χ3v) is 4.64. The van der Waals surface area contributed by atoms with E-state index in [0.717, 1.165) is 16.7 Å². The first kappa shape index (κ1) is 16.1. The lowest BCUT2D eigenvalue weighted by Gasteiger charge is -2.34. The van der Waals surface area contributed by atoms with Gasteiger partial charge in [-0.25, -0.2) is 4.79 Å². The van der Waals surface area contributed by atoms with Gasteiger partial charge in [0.05, 0.1) is 5.41 Å². The zero-order chi connectivity index (χ0) is 17.8. The van der Waals surface area contributed by atoms with E-state index in [1.165, 1.54) is 0 Å². The van der Waals surface area contributed by atoms with E-state index in [1.54, 1.807) is 0 Å². The Morgan fingerprint density at radius 3 is 1.46 bits per heavy atom. The van der Waals surface area contributed by atoms with Crippen molar-refractivity contribution >= 4 is 0 Å². The molecule has 3 aromatic carbocycles. The molecule has 0 amide bonds. The lowest BCUT2D eigenvalue weighted by Crippen LogP contribution is -2.32. The Hall–Kier alpha value is -3.40. The summed E-state index contributed by atoms with van der Waals surface area (Å²) >= 11 is 0. The molecule has 1 aromatic heterocycles. The summed E-state index contributed by atoms with van der Waals surface area (Å²) in [7, 11) is 0. The van der Waals surface area contributed by atoms with Gasteiger partial charge in [-0.05, 0) is 21.8 Å². The molecule has 0 unspecified atom stereocenters. The van der Waals surface area contributed by atoms with Crippen LogP contribution in [0.1, 0.15) is 22.6 Å². The van der Waals surface area contributed by atoms with Crippen molar-refractivity contribution in [3.05, 3.63) is 124 Å². The largest absolute Gasteiger partial charge is 0.542 e. The summed E-state index contributed by atoms with van der Waals surface area (Å²) in [6.07, 6.45) is 0.372. The second-order valence-corrected chi connectivity index (χ2v) is 6.11. The van der Waals surface area contributed by atoms with Crippen LogP contribution in [0.15, 0.2) is 105 Å². The fourth-order valence-corrected chi connectivity index (χ4v) is 3.49. The van der Waals surface area contributed by atoms with Crippen LogP contribution in [0, 0.1) is 0 Å². The van der Waals surface area contributed by atoms with Crippen LogP contribution < -0.4 is 5.82 Å². The second kappa shape index (κ2) is 6.84. The van der Waals surface area contributed by atoms with E-state index in [-0.39, 0.29) is 5.89 Å². The van der Waals surface area contributed by atoms with Crippen LogP contribution in [-0.4, -0.2) is 5.16 Å². The lowest BCUT2D eigenvalue weighted by atomic mass is 9.67. The monoisotopic (exact) mass is 343 g/mol. The van der Waals surface area contributed by atoms with Crippen molar-refractivity contribution in [1.29, 1.82) is 0 Å². The summed E-state index contributed by atoms with van der Waals surface area (Å²) in [5, 5.41) is 3.82. The molecule has 0 atom stereocenters. The van der Waals surface area contributed by atoms with Crippen LogP contribution in [-0.2, 0) is 11.8 Å². The zero-order valence-electron chi connectivity index (χ0n) is 14.0. The Morgan fingerprint density at radius 2 is 1.12 bits per heavy atom. The topological polar surface area (TPSA) is 56.2 Å². The zero-order valence-corrected chi connectivity index (χ0v) is 14.0. The Kier molecular flexibility index (Phi) is 4.23. The maximum Gasteiger partial charge on any atom is 0.542 e. The molecule has 0 bridgehead atoms. The molecule has 4 aromatic rings. The summed E-state index contributed by atoms with van der Waals surface area (Å²) < 4.78 is 9.82. The highest BCUT2D eigenvalue weighted by molar-refractivity contribution is 5.51. The molecular weight excluding hydrogens is 326 g/mol. The summed E-state index contributed by atoms with van der Waals surface area (Å²) in [6.45, 7) is 0. The van der Waals surface area contributed by atoms with Crippen LogP contribution in [0.3, 0.4) is 0 Å². The first-order valence-corrected chi connectivity index (χ1v) is 8.41. The minimum atomic E-state index is -0.789. The number of aromatic nitrogens is 1. The smallest absolute Gasteiger partial charge is 0.375 e. The number of hydrogen-bond acceptors (Lipinski definition) is 4. The normalized spacial score (nSPS) is 11.4. The molecule has 0 spiro atoms. The minimum absolute atomic E-state index is 0.270. The molecule has 4 heteroatoms. The number of nitrogens with zero attached hydrogens (tertiary/aromatic N) is 1. The van der Waals surface area contributed by atoms with E-state index in [2.05, 4.69) is 46.1 Å². The van der Waals surface area contributed by atoms with Gasteiger partial charge >= 0.3 is 5.82 Å². The molecule has 0 saturated carbocycles. The van der Waals surface area contributed by atoms with E-state index in [1.807, 2.05) is 54.6 Å². The van der Waals surface area contributed by atoms with Gasteiger partial charge in [0.1, 0.15) is 0 Å². The fraction of sp³-hybridized carbons (Fsp3) is 0.0909. The molecule has 4 nitrogen and oxygen atoms in total. The van der Waals surface area contributed by atoms with Gasteiger partial charge < -0.3 is 4.42 Å². The predicted octanol–water partition coefficient (Wildman–Crippen LogP) is 4.20. The maximum absolute atomic E-state index is 11.4. The number of hydrogen-bond donors (Lipinski definition) is 0. The molecule has 0 aliphatic carbocycles. The molecule has 0 N–H and O–H groups in total. The summed E-state index contributed by atoms with van der Waals surface area (Å²) in [5.41, 5.74) is 2.70. The van der Waals surface area contributed by atoms with Crippen molar-refractivity contribution < 1.29 is 8.94 Å². The van der Waals surface area contributed by atoms with Crippen LogP contribution in [0.5, 0.6) is 0 Å². The van der Waals surface area contributed by atoms with E-state index >= 15 is 0 Å². The molecule has 0 saturated heterocycles. The SMILES string of the molecule is O=c1onc(CC(c2ccccc2)(c2ccccc2)c2ccccc2)o1. The van der Waals surface area contributed by atoms with Crippen LogP contribution >= 0.6 is 0 Å². The van der Waals surface area contributed by atoms with Crippen molar-refractivity contribution in [2.24, 2.45) is 0 Å². The summed E-state index contributed by atoms with van der Waals surface area (Å²) in [5.74, 6) is -0.519. The van der Waals surface area contributed by atoms with E-state index < -0.39 is 11.2 Å². The van der Waals surface area contributed by atoms with Gasteiger partial charge in [-0.15, -0.1) is 0 Å². The van der Waals surface area contributed by atoms with Gasteiger partial charge in [0.15, 0.2) is 0 Å². The standard InChI is InChI=1S/C22H17NO3/c24-21-25-20(23-26-21)16-22(17-10-4-1-5-11-17,18-12-6-2-7-13-18)19-14-8-3-9-15-19/h1-15H,16H2. The van der Waals surface area contributed by atoms with Crippen molar-refractivity contribution in [3.8, 4) is 0 Å². The van der Waals surface area contributed by atoms with Gasteiger partial charge in [-0.3, -0.25) is 4.52 Å². The van der Waals surface area contributed by atoms with Gasteiger partial charge in [0.2, 0.25) is 5.89 Å². The minimum Gasteiger partial charge on any atom is -0.375 e. The first-order valence-electron chi connectivity index (χ1n) is 8.41. The molecule has 128 valence electrons. The molecule has 26 heavy (non-hydrogen) atoms. The summed E-state index contributed by atoms with van der Waals surface area (Å²) in [4.78, 5) is 11.4. The number of rotatable bonds is 5. The second-order valence-electron chi connectivity index (χ2n) is 6.11. The van der Waals surface area contributed by atoms with E-state index in [4.69, 9.17) is 4.42 Å². The highest BCUT2D eigenvalue weighted by Crippen LogP contribution is 2.41. The fourth-order valence-electron chi connectivity index (χ4n) is 3.49. The molecule has 1 heterocycles. The number of benzene rings is 3. The quantitative estimate of drug-likeness (QED) is 0.510. The molecule has 0 fully saturated rings. The van der Waals surface area contributed by atoms with Crippen LogP contribution in [0.2, 0.25) is 0 Å². The van der Waals surface area contributed by atoms with Crippen molar-refractivity contribution in [2.75, 3.05) is 0 Å². The Bertz CT molecular complexity index is 924.